The summed E-state index contributed by atoms with van der Waals surface area (Å²) in [6.07, 6.45) is 5.49. The first kappa shape index (κ1) is 25.1. The maximum absolute atomic E-state index is 15.0. The van der Waals surface area contributed by atoms with Crippen molar-refractivity contribution < 1.29 is 31.1 Å². The van der Waals surface area contributed by atoms with Gasteiger partial charge in [-0.25, -0.2) is 27.2 Å². The van der Waals surface area contributed by atoms with Crippen LogP contribution in [-0.2, 0) is 22.0 Å². The van der Waals surface area contributed by atoms with Gasteiger partial charge < -0.3 is 20.2 Å². The number of fused-ring (bicyclic) bond motifs is 1. The van der Waals surface area contributed by atoms with Crippen molar-refractivity contribution in [1.29, 1.82) is 0 Å². The number of pyridine rings is 1. The number of sulfone groups is 1. The van der Waals surface area contributed by atoms with Crippen molar-refractivity contribution in [3.63, 3.8) is 0 Å². The van der Waals surface area contributed by atoms with Gasteiger partial charge in [-0.3, -0.25) is 9.79 Å². The van der Waals surface area contributed by atoms with Crippen LogP contribution in [0.1, 0.15) is 35.3 Å². The van der Waals surface area contributed by atoms with Crippen LogP contribution in [0, 0.1) is 17.6 Å². The summed E-state index contributed by atoms with van der Waals surface area (Å²) < 4.78 is 64.0. The summed E-state index contributed by atoms with van der Waals surface area (Å²) >= 11 is 0.919. The number of nitrogens with zero attached hydrogens (tertiary/aromatic N) is 3. The van der Waals surface area contributed by atoms with Gasteiger partial charge in [0.15, 0.2) is 33.2 Å². The van der Waals surface area contributed by atoms with E-state index in [1.165, 1.54) is 43.8 Å². The number of aromatic nitrogens is 2. The zero-order valence-corrected chi connectivity index (χ0v) is 21.2. The molecule has 3 aromatic rings. The molecule has 1 amide bonds. The van der Waals surface area contributed by atoms with Gasteiger partial charge in [0, 0.05) is 29.5 Å². The maximum Gasteiger partial charge on any atom is 0.274 e. The number of anilines is 1. The monoisotopic (exact) mass is 549 g/mol. The third-order valence-corrected chi connectivity index (χ3v) is 10.4. The van der Waals surface area contributed by atoms with E-state index in [4.69, 9.17) is 14.9 Å². The fourth-order valence-corrected chi connectivity index (χ4v) is 7.79. The molecule has 2 aromatic heterocycles. The van der Waals surface area contributed by atoms with Crippen LogP contribution in [0.25, 0.3) is 0 Å². The quantitative estimate of drug-likeness (QED) is 0.453. The topological polar surface area (TPSA) is 150 Å². The number of halogens is 2. The second-order valence-corrected chi connectivity index (χ2v) is 12.8. The number of oxazole rings is 1. The van der Waals surface area contributed by atoms with E-state index in [-0.39, 0.29) is 35.1 Å². The van der Waals surface area contributed by atoms with E-state index in [0.29, 0.717) is 11.6 Å². The number of hydrogen-bond donors (Lipinski definition) is 2. The van der Waals surface area contributed by atoms with E-state index < -0.39 is 42.9 Å². The lowest BCUT2D eigenvalue weighted by atomic mass is 9.86. The Kier molecular flexibility index (Phi) is 5.98. The number of carbonyl (C=O) groups is 1. The van der Waals surface area contributed by atoms with Gasteiger partial charge in [-0.05, 0) is 31.5 Å². The largest absolute Gasteiger partial charge is 0.482 e. The number of ether oxygens (including phenoxy) is 1. The first-order valence-corrected chi connectivity index (χ1v) is 13.7. The van der Waals surface area contributed by atoms with Crippen LogP contribution in [0.5, 0.6) is 5.75 Å². The van der Waals surface area contributed by atoms with Crippen LogP contribution in [0.4, 0.5) is 14.5 Å². The van der Waals surface area contributed by atoms with E-state index >= 15 is 4.39 Å². The Labute approximate surface area is 214 Å². The smallest absolute Gasteiger partial charge is 0.274 e. The summed E-state index contributed by atoms with van der Waals surface area (Å²) in [5, 5.41) is 2.46. The van der Waals surface area contributed by atoms with Crippen molar-refractivity contribution in [3.8, 4) is 5.75 Å². The van der Waals surface area contributed by atoms with Crippen molar-refractivity contribution in [2.75, 3.05) is 11.6 Å². The number of thioether (sulfide) groups is 1. The third-order valence-electron chi connectivity index (χ3n) is 6.43. The highest BCUT2D eigenvalue weighted by Gasteiger charge is 2.72. The number of nitrogens with two attached hydrogens (primary N) is 1. The molecule has 0 bridgehead atoms. The fraction of sp³-hybridized carbons (Fsp3) is 0.304. The maximum atomic E-state index is 15.0. The van der Waals surface area contributed by atoms with Crippen LogP contribution < -0.4 is 15.8 Å². The molecule has 0 radical (unpaired) electrons. The first-order valence-electron chi connectivity index (χ1n) is 10.9. The molecule has 37 heavy (non-hydrogen) atoms. The highest BCUT2D eigenvalue weighted by Crippen LogP contribution is 2.68. The summed E-state index contributed by atoms with van der Waals surface area (Å²) in [5.74, 6) is -2.99. The van der Waals surface area contributed by atoms with Crippen molar-refractivity contribution in [3.05, 3.63) is 71.7 Å². The van der Waals surface area contributed by atoms with E-state index in [9.17, 15) is 17.6 Å². The number of benzene rings is 1. The van der Waals surface area contributed by atoms with E-state index in [1.54, 1.807) is 0 Å². The number of carbonyl (C=O) groups excluding carboxylic acids is 1. The Morgan fingerprint density at radius 1 is 1.32 bits per heavy atom. The van der Waals surface area contributed by atoms with Gasteiger partial charge in [0.1, 0.15) is 21.8 Å². The zero-order valence-electron chi connectivity index (χ0n) is 19.6. The number of nitrogens with one attached hydrogen (secondary N) is 1. The molecule has 3 heterocycles. The molecule has 0 spiro atoms. The summed E-state index contributed by atoms with van der Waals surface area (Å²) in [5.41, 5.74) is 4.21. The van der Waals surface area contributed by atoms with Crippen LogP contribution in [0.15, 0.2) is 52.3 Å². The van der Waals surface area contributed by atoms with E-state index in [0.717, 1.165) is 24.1 Å². The third kappa shape index (κ3) is 4.44. The van der Waals surface area contributed by atoms with Crippen LogP contribution in [0.2, 0.25) is 0 Å². The molecular weight excluding hydrogens is 528 g/mol. The molecule has 14 heteroatoms. The summed E-state index contributed by atoms with van der Waals surface area (Å²) in [6.45, 7) is 1.59. The zero-order chi connectivity index (χ0) is 26.6. The minimum absolute atomic E-state index is 0.00409. The molecule has 1 aromatic carbocycles. The average molecular weight is 550 g/mol. The van der Waals surface area contributed by atoms with Crippen molar-refractivity contribution >= 4 is 38.4 Å². The fourth-order valence-electron chi connectivity index (χ4n) is 4.50. The number of aliphatic imine (C=N–C) groups is 1. The minimum atomic E-state index is -3.58. The van der Waals surface area contributed by atoms with Gasteiger partial charge in [0.25, 0.3) is 5.91 Å². The van der Waals surface area contributed by atoms with Gasteiger partial charge in [0.05, 0.1) is 17.9 Å². The Balaban J connectivity index is 1.38. The molecule has 0 saturated heterocycles. The van der Waals surface area contributed by atoms with Crippen LogP contribution in [0.3, 0.4) is 0 Å². The molecule has 194 valence electrons. The van der Waals surface area contributed by atoms with Gasteiger partial charge in [-0.15, -0.1) is 0 Å². The van der Waals surface area contributed by atoms with Crippen molar-refractivity contribution in [2.24, 2.45) is 16.6 Å². The molecule has 5 rings (SSSR count). The second-order valence-electron chi connectivity index (χ2n) is 8.91. The Morgan fingerprint density at radius 3 is 2.76 bits per heavy atom. The van der Waals surface area contributed by atoms with Gasteiger partial charge in [-0.2, -0.15) is 0 Å². The second kappa shape index (κ2) is 8.80. The van der Waals surface area contributed by atoms with Crippen molar-refractivity contribution in [2.45, 2.75) is 29.6 Å². The Morgan fingerprint density at radius 2 is 2.11 bits per heavy atom. The Hall–Kier alpha value is -3.52. The standard InChI is InChI=1S/C23H21F2N5O5S2/c1-22(17-9-23(17,37(2,32)33)36-21(26)30-22)14-7-12(8-15(24)19(14)25)29-20(31)16-4-3-13(10-28-16)35-11-18-27-5-6-34-18/h3-8,10,17H,9,11H2,1-2H3,(H2,26,30)(H,29,31)/t17-,22+,23+/m0/s1. The van der Waals surface area contributed by atoms with Gasteiger partial charge in [0.2, 0.25) is 5.89 Å². The average Bonchev–Trinajstić information content (AvgIpc) is 3.38. The molecule has 3 atom stereocenters. The summed E-state index contributed by atoms with van der Waals surface area (Å²) in [4.78, 5) is 25.1. The SMILES string of the molecule is C[C@]1(c2cc(NC(=O)c3ccc(OCc4ncco4)cn3)cc(F)c2F)N=C(N)S[C@@]2(S(C)(=O)=O)C[C@H]21. The first-order chi connectivity index (χ1) is 17.4. The highest BCUT2D eigenvalue weighted by molar-refractivity contribution is 8.24. The molecular formula is C23H21F2N5O5S2. The van der Waals surface area contributed by atoms with E-state index in [2.05, 4.69) is 20.3 Å². The normalized spacial score (nSPS) is 24.6. The predicted molar refractivity (Wildman–Crippen MR) is 132 cm³/mol. The molecule has 1 aliphatic carbocycles. The highest BCUT2D eigenvalue weighted by atomic mass is 32.3. The number of amidine groups is 1. The van der Waals surface area contributed by atoms with Gasteiger partial charge in [-0.1, -0.05) is 11.8 Å². The number of rotatable bonds is 7. The predicted octanol–water partition coefficient (Wildman–Crippen LogP) is 3.22. The minimum Gasteiger partial charge on any atom is -0.482 e. The molecule has 2 aliphatic rings. The van der Waals surface area contributed by atoms with Crippen molar-refractivity contribution in [1.82, 2.24) is 9.97 Å². The lowest BCUT2D eigenvalue weighted by molar-refractivity contribution is 0.102. The summed E-state index contributed by atoms with van der Waals surface area (Å²) in [6, 6.07) is 4.98. The van der Waals surface area contributed by atoms with Crippen LogP contribution in [-0.4, -0.2) is 39.8 Å². The van der Waals surface area contributed by atoms with Gasteiger partial charge >= 0.3 is 0 Å². The molecule has 1 aliphatic heterocycles. The molecule has 0 unspecified atom stereocenters. The van der Waals surface area contributed by atoms with Crippen LogP contribution >= 0.6 is 11.8 Å². The number of amides is 1. The lowest BCUT2D eigenvalue weighted by Gasteiger charge is -2.33. The summed E-state index contributed by atoms with van der Waals surface area (Å²) in [7, 11) is -3.58. The number of hydrogen-bond acceptors (Lipinski definition) is 10. The lowest BCUT2D eigenvalue weighted by Crippen LogP contribution is -2.39. The Bertz CT molecular complexity index is 1510. The molecule has 10 nitrogen and oxygen atoms in total. The van der Waals surface area contributed by atoms with E-state index in [1.807, 2.05) is 0 Å². The molecule has 1 fully saturated rings. The molecule has 1 saturated carbocycles. The molecule has 3 N–H and O–H groups in total.